The van der Waals surface area contributed by atoms with Gasteiger partial charge >= 0.3 is 0 Å². The quantitative estimate of drug-likeness (QED) is 0.166. The summed E-state index contributed by atoms with van der Waals surface area (Å²) in [7, 11) is 0. The fraction of sp³-hybridized carbons (Fsp3) is 0.265. The second-order valence-corrected chi connectivity index (χ2v) is 10.4. The van der Waals surface area contributed by atoms with Crippen LogP contribution in [-0.4, -0.2) is 76.7 Å². The van der Waals surface area contributed by atoms with Gasteiger partial charge in [-0.2, -0.15) is 0 Å². The van der Waals surface area contributed by atoms with Crippen molar-refractivity contribution in [1.82, 2.24) is 0 Å². The van der Waals surface area contributed by atoms with Gasteiger partial charge in [0.15, 0.2) is 0 Å². The van der Waals surface area contributed by atoms with Gasteiger partial charge < -0.3 is 35.2 Å². The molecule has 3 N–H and O–H groups in total. The molecule has 2 aliphatic heterocycles. The first-order chi connectivity index (χ1) is 22.0. The number of aliphatic imine (C=N–C) groups is 2. The van der Waals surface area contributed by atoms with Crippen molar-refractivity contribution in [2.45, 2.75) is 0 Å². The van der Waals surface area contributed by atoms with Crippen LogP contribution in [0.1, 0.15) is 5.56 Å². The van der Waals surface area contributed by atoms with Crippen molar-refractivity contribution in [3.05, 3.63) is 104 Å². The molecule has 0 saturated carbocycles. The number of hydrogen-bond donors (Lipinski definition) is 3. The van der Waals surface area contributed by atoms with Crippen LogP contribution < -0.4 is 25.8 Å². The Morgan fingerprint density at radius 2 is 1.53 bits per heavy atom. The first kappa shape index (κ1) is 31.4. The minimum absolute atomic E-state index is 0.0216. The zero-order chi connectivity index (χ0) is 31.4. The van der Waals surface area contributed by atoms with Crippen LogP contribution in [-0.2, 0) is 14.3 Å². The standard InChI is InChI=1S/C34H38FN7O3/c1-3-33(43)39-31-22-25(8-13-30(31)35)32(24-37-26-9-11-28(12-10-26)41-14-18-44-19-15-41)40-34(36-4-2)38-27-6-5-7-29(23-27)42-16-20-45-21-17-42/h3-13,22-23,37H,1-2,14-21,24H2,(H,36,38)(H,39,43)/b40-32+. The predicted molar refractivity (Wildman–Crippen MR) is 180 cm³/mol. The second-order valence-electron chi connectivity index (χ2n) is 10.4. The number of anilines is 5. The third-order valence-corrected chi connectivity index (χ3v) is 7.38. The molecule has 0 bridgehead atoms. The van der Waals surface area contributed by atoms with Gasteiger partial charge in [0, 0.05) is 60.7 Å². The Morgan fingerprint density at radius 1 is 0.844 bits per heavy atom. The Kier molecular flexibility index (Phi) is 10.9. The molecule has 3 aromatic rings. The third-order valence-electron chi connectivity index (χ3n) is 7.38. The van der Waals surface area contributed by atoms with Crippen LogP contribution in [0.15, 0.2) is 102 Å². The molecule has 2 heterocycles. The average Bonchev–Trinajstić information content (AvgIpc) is 3.09. The third kappa shape index (κ3) is 8.78. The summed E-state index contributed by atoms with van der Waals surface area (Å²) >= 11 is 0. The number of carbonyl (C=O) groups is 1. The van der Waals surface area contributed by atoms with E-state index in [1.54, 1.807) is 12.1 Å². The molecule has 0 atom stereocenters. The average molecular weight is 612 g/mol. The zero-order valence-electron chi connectivity index (χ0n) is 25.2. The van der Waals surface area contributed by atoms with Crippen LogP contribution >= 0.6 is 0 Å². The zero-order valence-corrected chi connectivity index (χ0v) is 25.2. The molecule has 3 aromatic carbocycles. The maximum atomic E-state index is 14.7. The van der Waals surface area contributed by atoms with Crippen molar-refractivity contribution in [1.29, 1.82) is 0 Å². The molecule has 1 amide bonds. The summed E-state index contributed by atoms with van der Waals surface area (Å²) in [5.74, 6) is -0.790. The number of guanidine groups is 1. The highest BCUT2D eigenvalue weighted by atomic mass is 19.1. The maximum Gasteiger partial charge on any atom is 0.247 e. The number of amides is 1. The van der Waals surface area contributed by atoms with E-state index in [2.05, 4.69) is 62.1 Å². The molecular weight excluding hydrogens is 573 g/mol. The Morgan fingerprint density at radius 3 is 2.20 bits per heavy atom. The molecule has 11 heteroatoms. The Bertz CT molecular complexity index is 1550. The molecule has 0 aromatic heterocycles. The summed E-state index contributed by atoms with van der Waals surface area (Å²) in [6.07, 6.45) is 2.50. The monoisotopic (exact) mass is 611 g/mol. The van der Waals surface area contributed by atoms with Crippen molar-refractivity contribution >= 4 is 46.0 Å². The van der Waals surface area contributed by atoms with E-state index in [-0.39, 0.29) is 12.2 Å². The molecule has 2 saturated heterocycles. The highest BCUT2D eigenvalue weighted by Gasteiger charge is 2.15. The van der Waals surface area contributed by atoms with Gasteiger partial charge in [0.05, 0.1) is 44.4 Å². The highest BCUT2D eigenvalue weighted by molar-refractivity contribution is 6.12. The first-order valence-corrected chi connectivity index (χ1v) is 14.9. The van der Waals surface area contributed by atoms with Crippen molar-refractivity contribution in [2.75, 3.05) is 84.9 Å². The summed E-state index contributed by atoms with van der Waals surface area (Å²) < 4.78 is 25.6. The van der Waals surface area contributed by atoms with Gasteiger partial charge in [-0.1, -0.05) is 25.3 Å². The number of morpholine rings is 2. The summed E-state index contributed by atoms with van der Waals surface area (Å²) in [4.78, 5) is 25.8. The number of benzene rings is 3. The molecule has 0 spiro atoms. The predicted octanol–water partition coefficient (Wildman–Crippen LogP) is 5.14. The van der Waals surface area contributed by atoms with Crippen LogP contribution in [0.25, 0.3) is 0 Å². The van der Waals surface area contributed by atoms with Crippen LogP contribution in [0.3, 0.4) is 0 Å². The van der Waals surface area contributed by atoms with Crippen LogP contribution in [0.4, 0.5) is 32.8 Å². The fourth-order valence-corrected chi connectivity index (χ4v) is 5.02. The van der Waals surface area contributed by atoms with E-state index in [9.17, 15) is 9.18 Å². The van der Waals surface area contributed by atoms with Gasteiger partial charge in [-0.15, -0.1) is 0 Å². The summed E-state index contributed by atoms with van der Waals surface area (Å²) in [6.45, 7) is 13.6. The first-order valence-electron chi connectivity index (χ1n) is 14.9. The second kappa shape index (κ2) is 15.6. The highest BCUT2D eigenvalue weighted by Crippen LogP contribution is 2.23. The van der Waals surface area contributed by atoms with Crippen molar-refractivity contribution in [2.24, 2.45) is 9.98 Å². The minimum atomic E-state index is -0.571. The molecule has 0 radical (unpaired) electrons. The van der Waals surface area contributed by atoms with E-state index in [1.165, 1.54) is 12.3 Å². The number of nitrogens with one attached hydrogen (secondary N) is 3. The van der Waals surface area contributed by atoms with E-state index < -0.39 is 11.7 Å². The topological polar surface area (TPSA) is 103 Å². The van der Waals surface area contributed by atoms with Crippen molar-refractivity contribution in [3.8, 4) is 0 Å². The summed E-state index contributed by atoms with van der Waals surface area (Å²) in [6, 6.07) is 20.6. The molecule has 45 heavy (non-hydrogen) atoms. The number of hydrogen-bond acceptors (Lipinski definition) is 7. The lowest BCUT2D eigenvalue weighted by atomic mass is 10.1. The molecule has 2 aliphatic rings. The van der Waals surface area contributed by atoms with Gasteiger partial charge in [0.25, 0.3) is 0 Å². The summed E-state index contributed by atoms with van der Waals surface area (Å²) in [5, 5.41) is 9.25. The van der Waals surface area contributed by atoms with Crippen molar-refractivity contribution in [3.63, 3.8) is 0 Å². The van der Waals surface area contributed by atoms with Crippen molar-refractivity contribution < 1.29 is 18.7 Å². The van der Waals surface area contributed by atoms with E-state index in [0.29, 0.717) is 43.7 Å². The van der Waals surface area contributed by atoms with Gasteiger partial charge in [-0.05, 0) is 60.7 Å². The van der Waals surface area contributed by atoms with Gasteiger partial charge in [0.2, 0.25) is 11.9 Å². The van der Waals surface area contributed by atoms with Gasteiger partial charge in [0.1, 0.15) is 5.82 Å². The molecule has 0 aliphatic carbocycles. The number of rotatable bonds is 10. The van der Waals surface area contributed by atoms with E-state index in [0.717, 1.165) is 55.0 Å². The molecule has 5 rings (SSSR count). The lowest BCUT2D eigenvalue weighted by Crippen LogP contribution is -2.36. The molecular formula is C34H38FN7O3. The smallest absolute Gasteiger partial charge is 0.247 e. The van der Waals surface area contributed by atoms with E-state index in [1.807, 2.05) is 30.3 Å². The van der Waals surface area contributed by atoms with Crippen LogP contribution in [0.2, 0.25) is 0 Å². The fourth-order valence-electron chi connectivity index (χ4n) is 5.02. The maximum absolute atomic E-state index is 14.7. The van der Waals surface area contributed by atoms with Crippen LogP contribution in [0, 0.1) is 5.82 Å². The van der Waals surface area contributed by atoms with Gasteiger partial charge in [-0.3, -0.25) is 4.79 Å². The van der Waals surface area contributed by atoms with E-state index in [4.69, 9.17) is 14.5 Å². The Hall–Kier alpha value is -5.00. The van der Waals surface area contributed by atoms with Gasteiger partial charge in [-0.25, -0.2) is 14.4 Å². The largest absolute Gasteiger partial charge is 0.379 e. The molecule has 0 unspecified atom stereocenters. The SMILES string of the molecule is C=C/N=C(\N=C(/CNc1ccc(N2CCOCC2)cc1)c1ccc(F)c(NC(=O)C=C)c1)Nc1cccc(N2CCOCC2)c1. The minimum Gasteiger partial charge on any atom is -0.379 e. The summed E-state index contributed by atoms with van der Waals surface area (Å²) in [5.41, 5.74) is 5.04. The Labute approximate surface area is 263 Å². The number of carbonyl (C=O) groups excluding carboxylic acids is 1. The molecule has 234 valence electrons. The lowest BCUT2D eigenvalue weighted by molar-refractivity contribution is -0.111. The molecule has 10 nitrogen and oxygen atoms in total. The number of nitrogens with zero attached hydrogens (tertiary/aromatic N) is 4. The number of ether oxygens (including phenoxy) is 2. The molecule has 2 fully saturated rings. The van der Waals surface area contributed by atoms with Crippen LogP contribution in [0.5, 0.6) is 0 Å². The normalized spacial score (nSPS) is 15.8. The number of halogens is 1. The Balaban J connectivity index is 1.41. The lowest BCUT2D eigenvalue weighted by Gasteiger charge is -2.29. The van der Waals surface area contributed by atoms with E-state index >= 15 is 0 Å².